The van der Waals surface area contributed by atoms with Gasteiger partial charge in [0.25, 0.3) is 0 Å². The van der Waals surface area contributed by atoms with Crippen LogP contribution in [0.25, 0.3) is 0 Å². The smallest absolute Gasteiger partial charge is 0.337 e. The summed E-state index contributed by atoms with van der Waals surface area (Å²) in [5.41, 5.74) is 5.62. The van der Waals surface area contributed by atoms with Crippen molar-refractivity contribution in [3.63, 3.8) is 0 Å². The first-order valence-corrected chi connectivity index (χ1v) is 4.27. The van der Waals surface area contributed by atoms with Crippen molar-refractivity contribution >= 4 is 23.3 Å². The van der Waals surface area contributed by atoms with Gasteiger partial charge in [-0.3, -0.25) is 0 Å². The van der Waals surface area contributed by atoms with E-state index in [1.807, 2.05) is 13.8 Å². The number of nitrogen functional groups attached to an aromatic ring is 1. The van der Waals surface area contributed by atoms with E-state index in [1.54, 1.807) is 0 Å². The Labute approximate surface area is 82.1 Å². The van der Waals surface area contributed by atoms with Gasteiger partial charge in [-0.1, -0.05) is 25.4 Å². The number of halogens is 1. The Morgan fingerprint density at radius 3 is 2.38 bits per heavy atom. The second-order valence-corrected chi connectivity index (χ2v) is 2.47. The molecule has 1 aromatic rings. The van der Waals surface area contributed by atoms with E-state index in [1.165, 1.54) is 18.2 Å². The highest BCUT2D eigenvalue weighted by molar-refractivity contribution is 6.31. The molecule has 0 aliphatic rings. The Morgan fingerprint density at radius 1 is 1.46 bits per heavy atom. The zero-order valence-corrected chi connectivity index (χ0v) is 8.30. The first-order valence-electron chi connectivity index (χ1n) is 3.89. The van der Waals surface area contributed by atoms with E-state index >= 15 is 0 Å². The second kappa shape index (κ2) is 5.43. The molecule has 1 rings (SSSR count). The maximum atomic E-state index is 10.4. The molecule has 0 spiro atoms. The molecule has 0 saturated heterocycles. The lowest BCUT2D eigenvalue weighted by molar-refractivity contribution is 0.0698. The van der Waals surface area contributed by atoms with Crippen molar-refractivity contribution in [1.29, 1.82) is 0 Å². The molecule has 0 fully saturated rings. The lowest BCUT2D eigenvalue weighted by Crippen LogP contribution is -2.01. The van der Waals surface area contributed by atoms with Gasteiger partial charge in [-0.15, -0.1) is 0 Å². The monoisotopic (exact) mass is 201 g/mol. The molecule has 3 N–H and O–H groups in total. The van der Waals surface area contributed by atoms with Gasteiger partial charge in [-0.2, -0.15) is 0 Å². The number of carbonyl (C=O) groups is 1. The van der Waals surface area contributed by atoms with Crippen molar-refractivity contribution in [2.75, 3.05) is 5.73 Å². The van der Waals surface area contributed by atoms with Crippen molar-refractivity contribution in [3.8, 4) is 0 Å². The predicted octanol–water partition coefficient (Wildman–Crippen LogP) is 2.65. The number of benzene rings is 1. The third kappa shape index (κ3) is 3.34. The minimum atomic E-state index is -1.04. The van der Waals surface area contributed by atoms with Crippen LogP contribution in [0.1, 0.15) is 24.2 Å². The molecule has 0 heterocycles. The van der Waals surface area contributed by atoms with Crippen molar-refractivity contribution in [1.82, 2.24) is 0 Å². The summed E-state index contributed by atoms with van der Waals surface area (Å²) in [6, 6.07) is 4.27. The Morgan fingerprint density at radius 2 is 2.00 bits per heavy atom. The maximum absolute atomic E-state index is 10.4. The topological polar surface area (TPSA) is 63.3 Å². The van der Waals surface area contributed by atoms with Crippen LogP contribution < -0.4 is 5.73 Å². The van der Waals surface area contributed by atoms with Crippen LogP contribution in [0.2, 0.25) is 5.02 Å². The van der Waals surface area contributed by atoms with Crippen molar-refractivity contribution in [2.45, 2.75) is 13.8 Å². The highest BCUT2D eigenvalue weighted by Gasteiger charge is 2.06. The van der Waals surface area contributed by atoms with Gasteiger partial charge in [0, 0.05) is 10.7 Å². The molecule has 0 radical (unpaired) electrons. The number of aromatic carboxylic acids is 1. The van der Waals surface area contributed by atoms with Crippen LogP contribution in [-0.4, -0.2) is 11.1 Å². The summed E-state index contributed by atoms with van der Waals surface area (Å²) in [7, 11) is 0. The molecule has 1 aromatic carbocycles. The number of hydrogen-bond acceptors (Lipinski definition) is 2. The van der Waals surface area contributed by atoms with Gasteiger partial charge >= 0.3 is 5.97 Å². The Balaban J connectivity index is 0.000000671. The normalized spacial score (nSPS) is 8.54. The van der Waals surface area contributed by atoms with Crippen LogP contribution in [-0.2, 0) is 0 Å². The van der Waals surface area contributed by atoms with Crippen LogP contribution in [0, 0.1) is 0 Å². The largest absolute Gasteiger partial charge is 0.478 e. The number of nitrogens with two attached hydrogens (primary N) is 1. The molecular formula is C9H12ClNO2. The third-order valence-corrected chi connectivity index (χ3v) is 1.48. The van der Waals surface area contributed by atoms with Crippen LogP contribution in [0.5, 0.6) is 0 Å². The lowest BCUT2D eigenvalue weighted by atomic mass is 10.2. The average molecular weight is 202 g/mol. The number of carboxylic acid groups (broad SMARTS) is 1. The van der Waals surface area contributed by atoms with Gasteiger partial charge < -0.3 is 10.8 Å². The molecule has 0 saturated carbocycles. The molecule has 0 bridgehead atoms. The van der Waals surface area contributed by atoms with Gasteiger partial charge in [0.05, 0.1) is 5.56 Å². The Kier molecular flexibility index (Phi) is 4.92. The SMILES string of the molecule is CC.Nc1cc(Cl)ccc1C(=O)O. The van der Waals surface area contributed by atoms with Crippen LogP contribution in [0.3, 0.4) is 0 Å². The van der Waals surface area contributed by atoms with Gasteiger partial charge in [0.2, 0.25) is 0 Å². The first kappa shape index (κ1) is 11.8. The summed E-state index contributed by atoms with van der Waals surface area (Å²) >= 11 is 5.55. The molecule has 72 valence electrons. The second-order valence-electron chi connectivity index (χ2n) is 2.04. The van der Waals surface area contributed by atoms with Crippen LogP contribution in [0.4, 0.5) is 5.69 Å². The average Bonchev–Trinajstić information content (AvgIpc) is 2.07. The van der Waals surface area contributed by atoms with E-state index in [-0.39, 0.29) is 11.3 Å². The van der Waals surface area contributed by atoms with E-state index in [9.17, 15) is 4.79 Å². The molecular weight excluding hydrogens is 190 g/mol. The minimum absolute atomic E-state index is 0.0781. The third-order valence-electron chi connectivity index (χ3n) is 1.24. The summed E-state index contributed by atoms with van der Waals surface area (Å²) in [4.78, 5) is 10.4. The molecule has 0 unspecified atom stereocenters. The highest BCUT2D eigenvalue weighted by Crippen LogP contribution is 2.17. The molecule has 0 aliphatic carbocycles. The summed E-state index contributed by atoms with van der Waals surface area (Å²) in [6.07, 6.45) is 0. The number of rotatable bonds is 1. The molecule has 0 aliphatic heterocycles. The number of hydrogen-bond donors (Lipinski definition) is 2. The Bertz CT molecular complexity index is 300. The van der Waals surface area contributed by atoms with Crippen LogP contribution >= 0.6 is 11.6 Å². The van der Waals surface area contributed by atoms with Crippen molar-refractivity contribution in [2.24, 2.45) is 0 Å². The zero-order valence-electron chi connectivity index (χ0n) is 7.54. The predicted molar refractivity (Wildman–Crippen MR) is 54.2 cm³/mol. The fourth-order valence-corrected chi connectivity index (χ4v) is 0.909. The summed E-state index contributed by atoms with van der Waals surface area (Å²) in [5.74, 6) is -1.04. The van der Waals surface area contributed by atoms with E-state index in [2.05, 4.69) is 0 Å². The molecule has 3 nitrogen and oxygen atoms in total. The van der Waals surface area contributed by atoms with E-state index in [0.29, 0.717) is 5.02 Å². The molecule has 13 heavy (non-hydrogen) atoms. The number of anilines is 1. The van der Waals surface area contributed by atoms with Gasteiger partial charge in [0.1, 0.15) is 0 Å². The Hall–Kier alpha value is -1.22. The molecule has 4 heteroatoms. The van der Waals surface area contributed by atoms with Gasteiger partial charge in [0.15, 0.2) is 0 Å². The van der Waals surface area contributed by atoms with E-state index < -0.39 is 5.97 Å². The van der Waals surface area contributed by atoms with E-state index in [4.69, 9.17) is 22.4 Å². The summed E-state index contributed by atoms with van der Waals surface area (Å²) < 4.78 is 0. The van der Waals surface area contributed by atoms with E-state index in [0.717, 1.165) is 0 Å². The molecule has 0 atom stereocenters. The maximum Gasteiger partial charge on any atom is 0.337 e. The number of carboxylic acids is 1. The standard InChI is InChI=1S/C7H6ClNO2.C2H6/c8-4-1-2-5(7(10)11)6(9)3-4;1-2/h1-3H,9H2,(H,10,11);1-2H3. The first-order chi connectivity index (χ1) is 6.11. The fraction of sp³-hybridized carbons (Fsp3) is 0.222. The van der Waals surface area contributed by atoms with Gasteiger partial charge in [-0.05, 0) is 18.2 Å². The molecule has 0 aromatic heterocycles. The summed E-state index contributed by atoms with van der Waals surface area (Å²) in [5, 5.41) is 8.97. The van der Waals surface area contributed by atoms with Gasteiger partial charge in [-0.25, -0.2) is 4.79 Å². The zero-order chi connectivity index (χ0) is 10.4. The lowest BCUT2D eigenvalue weighted by Gasteiger charge is -1.98. The summed E-state index contributed by atoms with van der Waals surface area (Å²) in [6.45, 7) is 4.00. The van der Waals surface area contributed by atoms with Crippen molar-refractivity contribution in [3.05, 3.63) is 28.8 Å². The minimum Gasteiger partial charge on any atom is -0.478 e. The van der Waals surface area contributed by atoms with Crippen molar-refractivity contribution < 1.29 is 9.90 Å². The quantitative estimate of drug-likeness (QED) is 0.687. The highest BCUT2D eigenvalue weighted by atomic mass is 35.5. The van der Waals surface area contributed by atoms with Crippen LogP contribution in [0.15, 0.2) is 18.2 Å². The fourth-order valence-electron chi connectivity index (χ4n) is 0.728. The molecule has 0 amide bonds.